The molecular formula is C25H30N2O3. The molecule has 2 saturated heterocycles. The Balaban J connectivity index is 1.55. The minimum atomic E-state index is -0.717. The van der Waals surface area contributed by atoms with Crippen LogP contribution in [0.15, 0.2) is 42.5 Å². The molecule has 2 aliphatic rings. The Kier molecular flexibility index (Phi) is 5.54. The number of phenols is 1. The van der Waals surface area contributed by atoms with Crippen molar-refractivity contribution in [2.45, 2.75) is 51.5 Å². The number of nitrogens with zero attached hydrogens (tertiary/aromatic N) is 2. The number of aromatic hydroxyl groups is 1. The zero-order valence-electron chi connectivity index (χ0n) is 17.9. The summed E-state index contributed by atoms with van der Waals surface area (Å²) in [5.74, 6) is 0.225. The lowest BCUT2D eigenvalue weighted by Gasteiger charge is -2.44. The van der Waals surface area contributed by atoms with Gasteiger partial charge in [0, 0.05) is 25.2 Å². The largest absolute Gasteiger partial charge is 0.507 e. The number of hydrogen-bond donors (Lipinski definition) is 1. The molecule has 0 aliphatic carbocycles. The van der Waals surface area contributed by atoms with Gasteiger partial charge in [-0.25, -0.2) is 0 Å². The molecule has 1 N–H and O–H groups in total. The summed E-state index contributed by atoms with van der Waals surface area (Å²) in [5, 5.41) is 10.1. The maximum absolute atomic E-state index is 13.6. The molecule has 1 spiro atoms. The fourth-order valence-electron chi connectivity index (χ4n) is 5.08. The van der Waals surface area contributed by atoms with E-state index in [1.54, 1.807) is 26.0 Å². The second kappa shape index (κ2) is 8.13. The van der Waals surface area contributed by atoms with Gasteiger partial charge in [0.15, 0.2) is 0 Å². The molecule has 2 fully saturated rings. The number of likely N-dealkylation sites (tertiary alicyclic amines) is 2. The zero-order valence-corrected chi connectivity index (χ0v) is 17.9. The van der Waals surface area contributed by atoms with Crippen LogP contribution in [-0.2, 0) is 11.2 Å². The van der Waals surface area contributed by atoms with Gasteiger partial charge in [-0.05, 0) is 74.8 Å². The van der Waals surface area contributed by atoms with Crippen molar-refractivity contribution in [2.75, 3.05) is 19.6 Å². The predicted molar refractivity (Wildman–Crippen MR) is 117 cm³/mol. The Labute approximate surface area is 178 Å². The van der Waals surface area contributed by atoms with Crippen LogP contribution in [0.5, 0.6) is 5.75 Å². The summed E-state index contributed by atoms with van der Waals surface area (Å²) in [6.07, 6.45) is 4.05. The molecule has 2 aromatic rings. The van der Waals surface area contributed by atoms with Crippen molar-refractivity contribution in [3.05, 3.63) is 64.7 Å². The van der Waals surface area contributed by atoms with Crippen molar-refractivity contribution in [3.63, 3.8) is 0 Å². The molecule has 0 radical (unpaired) electrons. The summed E-state index contributed by atoms with van der Waals surface area (Å²) in [6, 6.07) is 13.7. The van der Waals surface area contributed by atoms with E-state index in [-0.39, 0.29) is 17.6 Å². The summed E-state index contributed by atoms with van der Waals surface area (Å²) in [4.78, 5) is 30.8. The molecule has 4 rings (SSSR count). The molecule has 0 saturated carbocycles. The van der Waals surface area contributed by atoms with E-state index in [4.69, 9.17) is 0 Å². The summed E-state index contributed by atoms with van der Waals surface area (Å²) < 4.78 is 0. The van der Waals surface area contributed by atoms with Gasteiger partial charge in [0.25, 0.3) is 5.91 Å². The van der Waals surface area contributed by atoms with Crippen LogP contribution in [0.3, 0.4) is 0 Å². The molecule has 1 atom stereocenters. The number of benzene rings is 2. The number of piperidine rings is 1. The second-order valence-electron chi connectivity index (χ2n) is 8.68. The van der Waals surface area contributed by atoms with Crippen molar-refractivity contribution in [1.82, 2.24) is 9.80 Å². The van der Waals surface area contributed by atoms with Crippen molar-refractivity contribution >= 4 is 11.8 Å². The van der Waals surface area contributed by atoms with Crippen molar-refractivity contribution in [2.24, 2.45) is 0 Å². The van der Waals surface area contributed by atoms with E-state index >= 15 is 0 Å². The highest BCUT2D eigenvalue weighted by Crippen LogP contribution is 2.39. The first-order valence-corrected chi connectivity index (χ1v) is 10.9. The SMILES string of the molecule is Cc1cc(C(=O)N2CCCC23CCCN(CCc2ccccc2)C3=O)cc(C)c1O. The third-order valence-corrected chi connectivity index (χ3v) is 6.69. The van der Waals surface area contributed by atoms with Gasteiger partial charge in [-0.3, -0.25) is 9.59 Å². The van der Waals surface area contributed by atoms with E-state index in [1.165, 1.54) is 5.56 Å². The second-order valence-corrected chi connectivity index (χ2v) is 8.68. The van der Waals surface area contributed by atoms with E-state index in [1.807, 2.05) is 28.0 Å². The standard InChI is InChI=1S/C25H30N2O3/c1-18-16-21(17-19(2)22(18)28)23(29)27-14-7-12-25(27)11-6-13-26(24(25)30)15-10-20-8-4-3-5-9-20/h3-5,8-9,16-17,28H,6-7,10-15H2,1-2H3. The molecule has 2 aromatic carbocycles. The normalized spacial score (nSPS) is 21.5. The van der Waals surface area contributed by atoms with Crippen LogP contribution >= 0.6 is 0 Å². The van der Waals surface area contributed by atoms with Crippen LogP contribution in [0.4, 0.5) is 0 Å². The fraction of sp³-hybridized carbons (Fsp3) is 0.440. The highest BCUT2D eigenvalue weighted by atomic mass is 16.3. The van der Waals surface area contributed by atoms with E-state index in [0.717, 1.165) is 38.6 Å². The molecule has 2 aliphatic heterocycles. The van der Waals surface area contributed by atoms with Crippen LogP contribution in [0.2, 0.25) is 0 Å². The average Bonchev–Trinajstić information content (AvgIpc) is 3.17. The smallest absolute Gasteiger partial charge is 0.254 e. The lowest BCUT2D eigenvalue weighted by Crippen LogP contribution is -2.61. The molecule has 158 valence electrons. The van der Waals surface area contributed by atoms with Crippen LogP contribution in [0.25, 0.3) is 0 Å². The number of aryl methyl sites for hydroxylation is 2. The first-order valence-electron chi connectivity index (χ1n) is 10.9. The molecule has 2 heterocycles. The third-order valence-electron chi connectivity index (χ3n) is 6.69. The molecule has 0 bridgehead atoms. The van der Waals surface area contributed by atoms with Crippen LogP contribution in [0, 0.1) is 13.8 Å². The maximum atomic E-state index is 13.6. The van der Waals surface area contributed by atoms with E-state index in [9.17, 15) is 14.7 Å². The average molecular weight is 407 g/mol. The van der Waals surface area contributed by atoms with Crippen molar-refractivity contribution in [3.8, 4) is 5.75 Å². The summed E-state index contributed by atoms with van der Waals surface area (Å²) >= 11 is 0. The monoisotopic (exact) mass is 406 g/mol. The molecule has 5 heteroatoms. The molecule has 0 aromatic heterocycles. The maximum Gasteiger partial charge on any atom is 0.254 e. The molecular weight excluding hydrogens is 376 g/mol. The number of carbonyl (C=O) groups excluding carboxylic acids is 2. The van der Waals surface area contributed by atoms with Gasteiger partial charge in [0.1, 0.15) is 11.3 Å². The van der Waals surface area contributed by atoms with Crippen molar-refractivity contribution in [1.29, 1.82) is 0 Å². The third kappa shape index (κ3) is 3.57. The molecule has 1 unspecified atom stereocenters. The molecule has 30 heavy (non-hydrogen) atoms. The van der Waals surface area contributed by atoms with Gasteiger partial charge in [-0.1, -0.05) is 30.3 Å². The minimum Gasteiger partial charge on any atom is -0.507 e. The minimum absolute atomic E-state index is 0.0998. The fourth-order valence-corrected chi connectivity index (χ4v) is 5.08. The number of carbonyl (C=O) groups is 2. The van der Waals surface area contributed by atoms with Gasteiger partial charge in [0.2, 0.25) is 5.91 Å². The van der Waals surface area contributed by atoms with Crippen LogP contribution < -0.4 is 0 Å². The Morgan fingerprint density at radius 3 is 2.33 bits per heavy atom. The van der Waals surface area contributed by atoms with Gasteiger partial charge in [-0.15, -0.1) is 0 Å². The Morgan fingerprint density at radius 1 is 1.03 bits per heavy atom. The van der Waals surface area contributed by atoms with Crippen molar-refractivity contribution < 1.29 is 14.7 Å². The number of hydrogen-bond acceptors (Lipinski definition) is 3. The lowest BCUT2D eigenvalue weighted by molar-refractivity contribution is -0.145. The Bertz CT molecular complexity index is 933. The molecule has 5 nitrogen and oxygen atoms in total. The number of rotatable bonds is 4. The highest BCUT2D eigenvalue weighted by molar-refractivity contribution is 6.00. The van der Waals surface area contributed by atoms with E-state index < -0.39 is 5.54 Å². The van der Waals surface area contributed by atoms with Crippen LogP contribution in [0.1, 0.15) is 52.7 Å². The lowest BCUT2D eigenvalue weighted by atomic mass is 9.84. The van der Waals surface area contributed by atoms with E-state index in [2.05, 4.69) is 12.1 Å². The van der Waals surface area contributed by atoms with E-state index in [0.29, 0.717) is 29.8 Å². The topological polar surface area (TPSA) is 60.9 Å². The summed E-state index contributed by atoms with van der Waals surface area (Å²) in [6.45, 7) is 5.65. The first kappa shape index (κ1) is 20.5. The summed E-state index contributed by atoms with van der Waals surface area (Å²) in [5.41, 5.74) is 2.43. The zero-order chi connectivity index (χ0) is 21.3. The van der Waals surface area contributed by atoms with Gasteiger partial charge in [-0.2, -0.15) is 0 Å². The Morgan fingerprint density at radius 2 is 1.67 bits per heavy atom. The summed E-state index contributed by atoms with van der Waals surface area (Å²) in [7, 11) is 0. The number of phenolic OH excluding ortho intramolecular Hbond substituents is 1. The van der Waals surface area contributed by atoms with Gasteiger partial charge < -0.3 is 14.9 Å². The van der Waals surface area contributed by atoms with Gasteiger partial charge >= 0.3 is 0 Å². The first-order chi connectivity index (χ1) is 14.4. The quantitative estimate of drug-likeness (QED) is 0.839. The molecule has 2 amide bonds. The highest BCUT2D eigenvalue weighted by Gasteiger charge is 2.52. The Hall–Kier alpha value is -2.82. The predicted octanol–water partition coefficient (Wildman–Crippen LogP) is 3.85. The van der Waals surface area contributed by atoms with Crippen LogP contribution in [-0.4, -0.2) is 51.9 Å². The number of amides is 2. The van der Waals surface area contributed by atoms with Gasteiger partial charge in [0.05, 0.1) is 0 Å².